The highest BCUT2D eigenvalue weighted by Gasteiger charge is 2.21. The molecule has 0 radical (unpaired) electrons. The summed E-state index contributed by atoms with van der Waals surface area (Å²) in [5, 5.41) is 1.90. The van der Waals surface area contributed by atoms with Crippen molar-refractivity contribution in [2.45, 2.75) is 58.5 Å². The third-order valence-electron chi connectivity index (χ3n) is 6.22. The van der Waals surface area contributed by atoms with E-state index in [4.69, 9.17) is 4.74 Å². The fourth-order valence-electron chi connectivity index (χ4n) is 3.80. The van der Waals surface area contributed by atoms with Crippen LogP contribution in [0.25, 0.3) is 21.1 Å². The van der Waals surface area contributed by atoms with Crippen molar-refractivity contribution in [2.75, 3.05) is 6.61 Å². The summed E-state index contributed by atoms with van der Waals surface area (Å²) in [5.74, 6) is 0. The SMILES string of the molecule is CC(C)(C)c1ccc(-c2ncc(COCCC(C)(C)c3ccc(-c4ncc(C=O)s4)cc3)s2)cc1. The molecule has 182 valence electrons. The molecule has 4 rings (SSSR count). The van der Waals surface area contributed by atoms with Crippen LogP contribution in [-0.2, 0) is 22.2 Å². The molecule has 2 heterocycles. The molecular weight excluding hydrogens is 472 g/mol. The molecule has 0 unspecified atom stereocenters. The number of hydrogen-bond acceptors (Lipinski definition) is 6. The molecule has 4 nitrogen and oxygen atoms in total. The Bertz CT molecular complexity index is 1260. The monoisotopic (exact) mass is 504 g/mol. The van der Waals surface area contributed by atoms with Crippen molar-refractivity contribution in [1.29, 1.82) is 0 Å². The molecule has 35 heavy (non-hydrogen) atoms. The van der Waals surface area contributed by atoms with Gasteiger partial charge in [-0.1, -0.05) is 83.1 Å². The van der Waals surface area contributed by atoms with E-state index in [1.807, 2.05) is 6.20 Å². The maximum Gasteiger partial charge on any atom is 0.161 e. The lowest BCUT2D eigenvalue weighted by molar-refractivity contribution is 0.107. The average Bonchev–Trinajstić information content (AvgIpc) is 3.51. The van der Waals surface area contributed by atoms with Gasteiger partial charge < -0.3 is 4.74 Å². The maximum absolute atomic E-state index is 10.9. The molecule has 0 bridgehead atoms. The molecule has 2 aromatic carbocycles. The molecule has 0 N–H and O–H groups in total. The summed E-state index contributed by atoms with van der Waals surface area (Å²) >= 11 is 3.11. The van der Waals surface area contributed by atoms with Crippen LogP contribution >= 0.6 is 22.7 Å². The van der Waals surface area contributed by atoms with Gasteiger partial charge in [0, 0.05) is 30.1 Å². The second-order valence-electron chi connectivity index (χ2n) is 10.4. The van der Waals surface area contributed by atoms with Gasteiger partial charge in [-0.3, -0.25) is 4.79 Å². The molecular formula is C29H32N2O2S2. The van der Waals surface area contributed by atoms with Gasteiger partial charge in [0.2, 0.25) is 0 Å². The number of nitrogens with zero attached hydrogens (tertiary/aromatic N) is 2. The number of benzene rings is 2. The first-order chi connectivity index (χ1) is 16.7. The minimum absolute atomic E-state index is 0.0109. The second kappa shape index (κ2) is 10.5. The number of hydrogen-bond donors (Lipinski definition) is 0. The van der Waals surface area contributed by atoms with E-state index in [0.29, 0.717) is 18.1 Å². The van der Waals surface area contributed by atoms with E-state index >= 15 is 0 Å². The summed E-state index contributed by atoms with van der Waals surface area (Å²) in [6.07, 6.45) is 5.31. The van der Waals surface area contributed by atoms with Crippen LogP contribution in [0.4, 0.5) is 0 Å². The summed E-state index contributed by atoms with van der Waals surface area (Å²) in [6, 6.07) is 17.2. The van der Waals surface area contributed by atoms with E-state index in [9.17, 15) is 4.79 Å². The predicted octanol–water partition coefficient (Wildman–Crippen LogP) is 7.93. The number of carbonyl (C=O) groups excluding carboxylic acids is 1. The van der Waals surface area contributed by atoms with Crippen LogP contribution in [0.3, 0.4) is 0 Å². The second-order valence-corrected chi connectivity index (χ2v) is 12.6. The van der Waals surface area contributed by atoms with Gasteiger partial charge in [0.15, 0.2) is 6.29 Å². The van der Waals surface area contributed by atoms with Crippen molar-refractivity contribution in [3.63, 3.8) is 0 Å². The van der Waals surface area contributed by atoms with E-state index in [-0.39, 0.29) is 10.8 Å². The molecule has 0 aliphatic carbocycles. The zero-order chi connectivity index (χ0) is 25.1. The van der Waals surface area contributed by atoms with Gasteiger partial charge in [-0.25, -0.2) is 9.97 Å². The molecule has 2 aromatic heterocycles. The summed E-state index contributed by atoms with van der Waals surface area (Å²) in [4.78, 5) is 21.6. The molecule has 0 saturated carbocycles. The van der Waals surface area contributed by atoms with Crippen LogP contribution in [0.2, 0.25) is 0 Å². The molecule has 0 fully saturated rings. The lowest BCUT2D eigenvalue weighted by atomic mass is 9.81. The van der Waals surface area contributed by atoms with Crippen LogP contribution in [-0.4, -0.2) is 22.9 Å². The van der Waals surface area contributed by atoms with Crippen molar-refractivity contribution in [3.05, 3.63) is 81.8 Å². The van der Waals surface area contributed by atoms with Gasteiger partial charge in [0.25, 0.3) is 0 Å². The largest absolute Gasteiger partial charge is 0.376 e. The zero-order valence-corrected chi connectivity index (χ0v) is 22.6. The summed E-state index contributed by atoms with van der Waals surface area (Å²) in [6.45, 7) is 12.4. The third-order valence-corrected chi connectivity index (χ3v) is 8.21. The molecule has 0 aliphatic rings. The van der Waals surface area contributed by atoms with Crippen molar-refractivity contribution in [1.82, 2.24) is 9.97 Å². The Morgan fingerprint density at radius 1 is 0.800 bits per heavy atom. The van der Waals surface area contributed by atoms with E-state index in [1.165, 1.54) is 22.5 Å². The fraction of sp³-hybridized carbons (Fsp3) is 0.345. The van der Waals surface area contributed by atoms with Crippen molar-refractivity contribution >= 4 is 29.0 Å². The first-order valence-electron chi connectivity index (χ1n) is 11.8. The van der Waals surface area contributed by atoms with E-state index in [0.717, 1.165) is 38.7 Å². The fourth-order valence-corrected chi connectivity index (χ4v) is 5.39. The number of rotatable bonds is 9. The van der Waals surface area contributed by atoms with Crippen molar-refractivity contribution in [3.8, 4) is 21.1 Å². The third kappa shape index (κ3) is 6.31. The van der Waals surface area contributed by atoms with Crippen LogP contribution < -0.4 is 0 Å². The lowest BCUT2D eigenvalue weighted by Crippen LogP contribution is -2.19. The van der Waals surface area contributed by atoms with Gasteiger partial charge >= 0.3 is 0 Å². The van der Waals surface area contributed by atoms with Gasteiger partial charge in [0.1, 0.15) is 10.0 Å². The maximum atomic E-state index is 10.9. The van der Waals surface area contributed by atoms with E-state index in [2.05, 4.69) is 93.1 Å². The minimum Gasteiger partial charge on any atom is -0.376 e. The Morgan fingerprint density at radius 3 is 1.94 bits per heavy atom. The van der Waals surface area contributed by atoms with Crippen LogP contribution in [0.5, 0.6) is 0 Å². The molecule has 4 aromatic rings. The Balaban J connectivity index is 1.29. The predicted molar refractivity (Wildman–Crippen MR) is 146 cm³/mol. The van der Waals surface area contributed by atoms with Gasteiger partial charge in [-0.05, 0) is 28.4 Å². The average molecular weight is 505 g/mol. The molecule has 0 aliphatic heterocycles. The van der Waals surface area contributed by atoms with Crippen molar-refractivity contribution in [2.24, 2.45) is 0 Å². The number of thiazole rings is 2. The highest BCUT2D eigenvalue weighted by Crippen LogP contribution is 2.32. The quantitative estimate of drug-likeness (QED) is 0.172. The Labute approximate surface area is 216 Å². The van der Waals surface area contributed by atoms with Crippen LogP contribution in [0, 0.1) is 0 Å². The number of aldehydes is 1. The zero-order valence-electron chi connectivity index (χ0n) is 21.0. The summed E-state index contributed by atoms with van der Waals surface area (Å²) < 4.78 is 6.03. The first kappa shape index (κ1) is 25.4. The topological polar surface area (TPSA) is 52.1 Å². The molecule has 0 spiro atoms. The highest BCUT2D eigenvalue weighted by molar-refractivity contribution is 7.16. The van der Waals surface area contributed by atoms with Crippen LogP contribution in [0.15, 0.2) is 60.9 Å². The standard InChI is InChI=1S/C29H32N2O2S2/c1-28(2,3)22-10-6-20(7-11-22)27-31-17-25(35-27)19-33-15-14-29(4,5)23-12-8-21(9-13-23)26-30-16-24(18-32)34-26/h6-13,16-18H,14-15,19H2,1-5H3. The molecule has 0 saturated heterocycles. The lowest BCUT2D eigenvalue weighted by Gasteiger charge is -2.25. The first-order valence-corrected chi connectivity index (χ1v) is 13.4. The summed E-state index contributed by atoms with van der Waals surface area (Å²) in [7, 11) is 0. The highest BCUT2D eigenvalue weighted by atomic mass is 32.1. The Kier molecular flexibility index (Phi) is 7.64. The number of carbonyl (C=O) groups is 1. The molecule has 6 heteroatoms. The van der Waals surface area contributed by atoms with Gasteiger partial charge in [0.05, 0.1) is 16.4 Å². The summed E-state index contributed by atoms with van der Waals surface area (Å²) in [5.41, 5.74) is 4.92. The van der Waals surface area contributed by atoms with E-state index < -0.39 is 0 Å². The Hall–Kier alpha value is -2.67. The van der Waals surface area contributed by atoms with Gasteiger partial charge in [-0.2, -0.15) is 0 Å². The Morgan fingerprint density at radius 2 is 1.37 bits per heavy atom. The van der Waals surface area contributed by atoms with Gasteiger partial charge in [-0.15, -0.1) is 22.7 Å². The normalized spacial score (nSPS) is 12.1. The minimum atomic E-state index is -0.0109. The molecule has 0 amide bonds. The van der Waals surface area contributed by atoms with E-state index in [1.54, 1.807) is 17.5 Å². The molecule has 0 atom stereocenters. The van der Waals surface area contributed by atoms with Crippen molar-refractivity contribution < 1.29 is 9.53 Å². The smallest absolute Gasteiger partial charge is 0.161 e. The number of aromatic nitrogens is 2. The van der Waals surface area contributed by atoms with Crippen LogP contribution in [0.1, 0.15) is 66.7 Å². The number of ether oxygens (including phenoxy) is 1.